The monoisotopic (exact) mass is 733 g/mol. The third-order valence-electron chi connectivity index (χ3n) is 10.6. The van der Waals surface area contributed by atoms with Crippen LogP contribution in [0.4, 0.5) is 0 Å². The van der Waals surface area contributed by atoms with Crippen molar-refractivity contribution >= 4 is 53.4 Å². The van der Waals surface area contributed by atoms with Crippen molar-refractivity contribution in [2.75, 3.05) is 0 Å². The van der Waals surface area contributed by atoms with Crippen molar-refractivity contribution in [3.05, 3.63) is 188 Å². The molecule has 8 aromatic carbocycles. The van der Waals surface area contributed by atoms with Crippen molar-refractivity contribution in [3.63, 3.8) is 0 Å². The number of thiophene rings is 1. The molecule has 5 heteroatoms. The van der Waals surface area contributed by atoms with Crippen molar-refractivity contribution in [3.8, 4) is 67.5 Å². The topological polar surface area (TPSA) is 51.8 Å². The van der Waals surface area contributed by atoms with Gasteiger partial charge in [0.05, 0.1) is 5.56 Å². The summed E-state index contributed by atoms with van der Waals surface area (Å²) in [6.45, 7) is 0. The zero-order valence-corrected chi connectivity index (χ0v) is 30.9. The molecule has 3 aromatic heterocycles. The summed E-state index contributed by atoms with van der Waals surface area (Å²) in [5, 5.41) is 4.51. The Balaban J connectivity index is 1.21. The maximum atomic E-state index is 6.83. The van der Waals surface area contributed by atoms with E-state index < -0.39 is 0 Å². The molecule has 11 rings (SSSR count). The van der Waals surface area contributed by atoms with Gasteiger partial charge in [0.2, 0.25) is 0 Å². The molecule has 0 aliphatic rings. The van der Waals surface area contributed by atoms with E-state index >= 15 is 0 Å². The lowest BCUT2D eigenvalue weighted by atomic mass is 9.91. The molecule has 3 heterocycles. The third-order valence-corrected chi connectivity index (χ3v) is 11.7. The van der Waals surface area contributed by atoms with Crippen molar-refractivity contribution in [2.24, 2.45) is 0 Å². The molecule has 0 atom stereocenters. The van der Waals surface area contributed by atoms with Gasteiger partial charge in [0, 0.05) is 42.1 Å². The second-order valence-corrected chi connectivity index (χ2v) is 15.0. The molecule has 0 saturated carbocycles. The summed E-state index contributed by atoms with van der Waals surface area (Å²) < 4.78 is 9.29. The van der Waals surface area contributed by atoms with Crippen LogP contribution < -0.4 is 0 Å². The molecule has 0 spiro atoms. The molecule has 0 fully saturated rings. The van der Waals surface area contributed by atoms with Crippen LogP contribution in [0.5, 0.6) is 0 Å². The van der Waals surface area contributed by atoms with Crippen LogP contribution in [0.1, 0.15) is 0 Å². The highest BCUT2D eigenvalue weighted by molar-refractivity contribution is 7.26. The van der Waals surface area contributed by atoms with E-state index in [0.29, 0.717) is 17.5 Å². The van der Waals surface area contributed by atoms with Gasteiger partial charge in [-0.25, -0.2) is 15.0 Å². The van der Waals surface area contributed by atoms with Gasteiger partial charge in [0.15, 0.2) is 17.5 Å². The molecule has 262 valence electrons. The molecule has 0 saturated heterocycles. The number of benzene rings is 8. The quantitative estimate of drug-likeness (QED) is 0.171. The molecule has 0 aliphatic carbocycles. The lowest BCUT2D eigenvalue weighted by Crippen LogP contribution is -2.01. The number of nitrogens with zero attached hydrogens (tertiary/aromatic N) is 3. The molecular formula is C51H31N3OS. The first-order valence-corrected chi connectivity index (χ1v) is 19.5. The third kappa shape index (κ3) is 5.40. The van der Waals surface area contributed by atoms with Gasteiger partial charge in [-0.15, -0.1) is 11.3 Å². The molecule has 0 unspecified atom stereocenters. The number of aromatic nitrogens is 3. The van der Waals surface area contributed by atoms with Crippen LogP contribution in [0, 0.1) is 0 Å². The summed E-state index contributed by atoms with van der Waals surface area (Å²) in [5.41, 5.74) is 11.0. The van der Waals surface area contributed by atoms with Crippen LogP contribution in [0.25, 0.3) is 110 Å². The second kappa shape index (κ2) is 13.3. The van der Waals surface area contributed by atoms with E-state index in [1.807, 2.05) is 59.9 Å². The Morgan fingerprint density at radius 3 is 1.55 bits per heavy atom. The first kappa shape index (κ1) is 32.2. The van der Waals surface area contributed by atoms with E-state index in [0.717, 1.165) is 60.9 Å². The fourth-order valence-electron chi connectivity index (χ4n) is 7.96. The van der Waals surface area contributed by atoms with Crippen LogP contribution in [0.3, 0.4) is 0 Å². The first-order chi connectivity index (χ1) is 27.8. The van der Waals surface area contributed by atoms with Crippen LogP contribution >= 0.6 is 11.3 Å². The predicted octanol–water partition coefficient (Wildman–Crippen LogP) is 14.1. The lowest BCUT2D eigenvalue weighted by Gasteiger charge is -2.14. The van der Waals surface area contributed by atoms with E-state index in [-0.39, 0.29) is 0 Å². The van der Waals surface area contributed by atoms with Gasteiger partial charge in [0.1, 0.15) is 11.2 Å². The zero-order valence-electron chi connectivity index (χ0n) is 30.1. The smallest absolute Gasteiger partial charge is 0.168 e. The van der Waals surface area contributed by atoms with Gasteiger partial charge in [-0.3, -0.25) is 0 Å². The van der Waals surface area contributed by atoms with E-state index in [2.05, 4.69) is 140 Å². The number of fused-ring (bicyclic) bond motifs is 6. The van der Waals surface area contributed by atoms with E-state index in [4.69, 9.17) is 19.4 Å². The largest absolute Gasteiger partial charge is 0.455 e. The highest BCUT2D eigenvalue weighted by Gasteiger charge is 2.24. The van der Waals surface area contributed by atoms with Crippen LogP contribution in [0.15, 0.2) is 192 Å². The van der Waals surface area contributed by atoms with Crippen LogP contribution in [0.2, 0.25) is 0 Å². The fourth-order valence-corrected chi connectivity index (χ4v) is 9.12. The second-order valence-electron chi connectivity index (χ2n) is 13.9. The minimum absolute atomic E-state index is 0.556. The lowest BCUT2D eigenvalue weighted by molar-refractivity contribution is 0.669. The van der Waals surface area contributed by atoms with E-state index in [1.54, 1.807) is 0 Å². The zero-order chi connectivity index (χ0) is 37.0. The van der Waals surface area contributed by atoms with Crippen LogP contribution in [-0.2, 0) is 0 Å². The number of rotatable bonds is 6. The molecule has 0 bridgehead atoms. The van der Waals surface area contributed by atoms with Crippen molar-refractivity contribution < 1.29 is 4.42 Å². The van der Waals surface area contributed by atoms with Crippen LogP contribution in [-0.4, -0.2) is 15.0 Å². The Morgan fingerprint density at radius 2 is 0.857 bits per heavy atom. The summed E-state index contributed by atoms with van der Waals surface area (Å²) in [7, 11) is 0. The SMILES string of the molecule is c1ccc(-c2ccc(-c3nc(-c4ccccc4)nc(-c4c(-c5cccc6sc7cccc(-c8ccccc8)c7c56)ccc5c4oc4ccccc45)n3)cc2)cc1. The summed E-state index contributed by atoms with van der Waals surface area (Å²) in [6.07, 6.45) is 0. The molecule has 0 radical (unpaired) electrons. The fraction of sp³-hybridized carbons (Fsp3) is 0. The Kier molecular flexibility index (Phi) is 7.64. The molecule has 11 aromatic rings. The Labute approximate surface area is 327 Å². The summed E-state index contributed by atoms with van der Waals surface area (Å²) in [4.78, 5) is 15.7. The molecule has 4 nitrogen and oxygen atoms in total. The predicted molar refractivity (Wildman–Crippen MR) is 233 cm³/mol. The van der Waals surface area contributed by atoms with Gasteiger partial charge in [-0.1, -0.05) is 164 Å². The highest BCUT2D eigenvalue weighted by atomic mass is 32.1. The van der Waals surface area contributed by atoms with Crippen molar-refractivity contribution in [1.29, 1.82) is 0 Å². The van der Waals surface area contributed by atoms with E-state index in [1.165, 1.54) is 31.3 Å². The van der Waals surface area contributed by atoms with Gasteiger partial charge in [-0.05, 0) is 57.6 Å². The molecule has 0 N–H and O–H groups in total. The molecule has 56 heavy (non-hydrogen) atoms. The summed E-state index contributed by atoms with van der Waals surface area (Å²) in [6, 6.07) is 65.6. The molecular weight excluding hydrogens is 703 g/mol. The van der Waals surface area contributed by atoms with Gasteiger partial charge < -0.3 is 4.42 Å². The van der Waals surface area contributed by atoms with E-state index in [9.17, 15) is 0 Å². The number of para-hydroxylation sites is 1. The Bertz CT molecular complexity index is 3230. The van der Waals surface area contributed by atoms with Gasteiger partial charge >= 0.3 is 0 Å². The van der Waals surface area contributed by atoms with Crippen molar-refractivity contribution in [2.45, 2.75) is 0 Å². The normalized spacial score (nSPS) is 11.6. The maximum absolute atomic E-state index is 6.83. The summed E-state index contributed by atoms with van der Waals surface area (Å²) in [5.74, 6) is 1.75. The average Bonchev–Trinajstić information content (AvgIpc) is 3.86. The van der Waals surface area contributed by atoms with Gasteiger partial charge in [0.25, 0.3) is 0 Å². The number of hydrogen-bond acceptors (Lipinski definition) is 5. The van der Waals surface area contributed by atoms with Gasteiger partial charge in [-0.2, -0.15) is 0 Å². The maximum Gasteiger partial charge on any atom is 0.168 e. The minimum atomic E-state index is 0.556. The molecule has 0 aliphatic heterocycles. The average molecular weight is 734 g/mol. The molecule has 0 amide bonds. The standard InChI is InChI=1S/C51H31N3OS/c1-4-14-32(15-5-1)33-26-28-36(29-27-33)50-52-49(35-18-8-3-9-19-35)53-51(54-50)47-40(30-31-41-38-20-10-11-23-42(38)55-48(41)47)39-22-13-25-44-46(39)45-37(21-12-24-43(45)56-44)34-16-6-2-7-17-34/h1-31H. The first-order valence-electron chi connectivity index (χ1n) is 18.7. The number of furan rings is 1. The Morgan fingerprint density at radius 1 is 0.339 bits per heavy atom. The minimum Gasteiger partial charge on any atom is -0.455 e. The highest BCUT2D eigenvalue weighted by Crippen LogP contribution is 2.48. The Hall–Kier alpha value is -7.21. The number of hydrogen-bond donors (Lipinski definition) is 0. The summed E-state index contributed by atoms with van der Waals surface area (Å²) >= 11 is 1.82. The van der Waals surface area contributed by atoms with Crippen molar-refractivity contribution in [1.82, 2.24) is 15.0 Å².